The molecule has 0 bridgehead atoms. The first-order valence-corrected chi connectivity index (χ1v) is 9.79. The van der Waals surface area contributed by atoms with Crippen molar-refractivity contribution in [3.63, 3.8) is 0 Å². The predicted molar refractivity (Wildman–Crippen MR) is 110 cm³/mol. The number of aromatic nitrogens is 6. The van der Waals surface area contributed by atoms with E-state index in [-0.39, 0.29) is 0 Å². The zero-order valence-electron chi connectivity index (χ0n) is 14.5. The van der Waals surface area contributed by atoms with E-state index in [4.69, 9.17) is 11.6 Å². The van der Waals surface area contributed by atoms with E-state index in [1.54, 1.807) is 22.2 Å². The zero-order chi connectivity index (χ0) is 18.9. The average molecular weight is 405 g/mol. The van der Waals surface area contributed by atoms with Crippen molar-refractivity contribution in [3.05, 3.63) is 83.3 Å². The van der Waals surface area contributed by atoms with Crippen LogP contribution in [0.15, 0.2) is 78.3 Å². The number of hydrogen-bond donors (Lipinski definition) is 0. The number of tetrazole rings is 1. The maximum absolute atomic E-state index is 6.21. The average Bonchev–Trinajstić information content (AvgIpc) is 3.47. The fraction of sp³-hybridized carbons (Fsp3) is 0. The van der Waals surface area contributed by atoms with E-state index >= 15 is 0 Å². The summed E-state index contributed by atoms with van der Waals surface area (Å²) in [7, 11) is 0. The second-order valence-corrected chi connectivity index (χ2v) is 7.41. The number of hydrogen-bond acceptors (Lipinski definition) is 5. The molecular formula is C20H13ClN6S. The molecule has 136 valence electrons. The molecule has 0 aliphatic carbocycles. The molecule has 8 heteroatoms. The van der Waals surface area contributed by atoms with Gasteiger partial charge in [-0.15, -0.1) is 16.4 Å². The molecule has 0 saturated heterocycles. The highest BCUT2D eigenvalue weighted by molar-refractivity contribution is 7.13. The van der Waals surface area contributed by atoms with Gasteiger partial charge in [0.25, 0.3) is 0 Å². The van der Waals surface area contributed by atoms with Gasteiger partial charge in [-0.25, -0.2) is 4.68 Å². The minimum absolute atomic E-state index is 0.628. The van der Waals surface area contributed by atoms with Crippen molar-refractivity contribution in [2.75, 3.05) is 0 Å². The van der Waals surface area contributed by atoms with Crippen molar-refractivity contribution >= 4 is 22.9 Å². The van der Waals surface area contributed by atoms with Crippen LogP contribution in [0.2, 0.25) is 5.02 Å². The minimum atomic E-state index is 0.628. The molecule has 3 aromatic heterocycles. The Hall–Kier alpha value is -3.29. The van der Waals surface area contributed by atoms with Gasteiger partial charge in [-0.1, -0.05) is 41.9 Å². The monoisotopic (exact) mass is 404 g/mol. The summed E-state index contributed by atoms with van der Waals surface area (Å²) in [4.78, 5) is 1.06. The van der Waals surface area contributed by atoms with Gasteiger partial charge in [-0.3, -0.25) is 0 Å². The van der Waals surface area contributed by atoms with Crippen LogP contribution in [-0.4, -0.2) is 30.0 Å². The van der Waals surface area contributed by atoms with Crippen LogP contribution in [0.25, 0.3) is 33.3 Å². The van der Waals surface area contributed by atoms with Gasteiger partial charge >= 0.3 is 0 Å². The highest BCUT2D eigenvalue weighted by Gasteiger charge is 2.22. The SMILES string of the molecule is Clc1cccc(-n2ncc(-c3nnnn3-c3ccccc3)c2-c2cccs2)c1. The minimum Gasteiger partial charge on any atom is -0.231 e. The van der Waals surface area contributed by atoms with E-state index in [1.165, 1.54) is 0 Å². The number of rotatable bonds is 4. The third-order valence-corrected chi connectivity index (χ3v) is 5.40. The zero-order valence-corrected chi connectivity index (χ0v) is 16.0. The van der Waals surface area contributed by atoms with Crippen molar-refractivity contribution < 1.29 is 0 Å². The van der Waals surface area contributed by atoms with Crippen LogP contribution >= 0.6 is 22.9 Å². The first kappa shape index (κ1) is 16.9. The van der Waals surface area contributed by atoms with Crippen LogP contribution in [0.5, 0.6) is 0 Å². The molecule has 5 rings (SSSR count). The largest absolute Gasteiger partial charge is 0.231 e. The first-order valence-electron chi connectivity index (χ1n) is 8.53. The van der Waals surface area contributed by atoms with E-state index in [0.717, 1.165) is 27.5 Å². The summed E-state index contributed by atoms with van der Waals surface area (Å²) in [5, 5.41) is 19.7. The van der Waals surface area contributed by atoms with E-state index in [0.29, 0.717) is 10.8 Å². The van der Waals surface area contributed by atoms with Gasteiger partial charge in [-0.2, -0.15) is 9.78 Å². The van der Waals surface area contributed by atoms with Crippen molar-refractivity contribution in [1.82, 2.24) is 30.0 Å². The Morgan fingerprint density at radius 1 is 0.857 bits per heavy atom. The van der Waals surface area contributed by atoms with Crippen LogP contribution in [0.3, 0.4) is 0 Å². The Bertz CT molecular complexity index is 1230. The Morgan fingerprint density at radius 2 is 1.71 bits per heavy atom. The van der Waals surface area contributed by atoms with Crippen LogP contribution in [0.1, 0.15) is 0 Å². The van der Waals surface area contributed by atoms with Crippen molar-refractivity contribution in [3.8, 4) is 33.3 Å². The number of para-hydroxylation sites is 1. The Morgan fingerprint density at radius 3 is 2.50 bits per heavy atom. The molecular weight excluding hydrogens is 392 g/mol. The Balaban J connectivity index is 1.74. The summed E-state index contributed by atoms with van der Waals surface area (Å²) in [5.41, 5.74) is 3.52. The molecule has 0 fully saturated rings. The molecule has 0 aliphatic rings. The lowest BCUT2D eigenvalue weighted by Gasteiger charge is -2.09. The van der Waals surface area contributed by atoms with E-state index < -0.39 is 0 Å². The maximum atomic E-state index is 6.21. The highest BCUT2D eigenvalue weighted by atomic mass is 35.5. The molecule has 0 atom stereocenters. The van der Waals surface area contributed by atoms with Gasteiger partial charge in [0.2, 0.25) is 0 Å². The lowest BCUT2D eigenvalue weighted by atomic mass is 10.2. The number of thiophene rings is 1. The van der Waals surface area contributed by atoms with E-state index in [9.17, 15) is 0 Å². The van der Waals surface area contributed by atoms with Gasteiger partial charge in [0.05, 0.1) is 33.7 Å². The molecule has 3 heterocycles. The second kappa shape index (κ2) is 7.03. The normalized spacial score (nSPS) is 11.0. The van der Waals surface area contributed by atoms with E-state index in [2.05, 4.69) is 26.7 Å². The number of halogens is 1. The quantitative estimate of drug-likeness (QED) is 0.427. The molecule has 0 spiro atoms. The standard InChI is InChI=1S/C20H13ClN6S/c21-14-6-4-9-16(12-14)26-19(18-10-5-11-28-18)17(13-22-26)20-23-24-25-27(20)15-7-2-1-3-8-15/h1-13H. The summed E-state index contributed by atoms with van der Waals surface area (Å²) in [6.07, 6.45) is 1.79. The molecule has 5 aromatic rings. The van der Waals surface area contributed by atoms with E-state index in [1.807, 2.05) is 70.7 Å². The van der Waals surface area contributed by atoms with Crippen LogP contribution in [-0.2, 0) is 0 Å². The number of nitrogens with zero attached hydrogens (tertiary/aromatic N) is 6. The molecule has 0 radical (unpaired) electrons. The highest BCUT2D eigenvalue weighted by Crippen LogP contribution is 2.36. The second-order valence-electron chi connectivity index (χ2n) is 6.03. The summed E-state index contributed by atoms with van der Waals surface area (Å²) in [5.74, 6) is 0.628. The first-order chi connectivity index (χ1) is 13.8. The third kappa shape index (κ3) is 2.90. The molecule has 2 aromatic carbocycles. The summed E-state index contributed by atoms with van der Waals surface area (Å²) >= 11 is 7.84. The lowest BCUT2D eigenvalue weighted by Crippen LogP contribution is -2.01. The number of benzene rings is 2. The molecule has 6 nitrogen and oxygen atoms in total. The van der Waals surface area contributed by atoms with Gasteiger partial charge in [0.1, 0.15) is 0 Å². The van der Waals surface area contributed by atoms with Gasteiger partial charge < -0.3 is 0 Å². The van der Waals surface area contributed by atoms with Crippen molar-refractivity contribution in [2.24, 2.45) is 0 Å². The van der Waals surface area contributed by atoms with Gasteiger partial charge in [-0.05, 0) is 52.2 Å². The molecule has 28 heavy (non-hydrogen) atoms. The van der Waals surface area contributed by atoms with Crippen molar-refractivity contribution in [2.45, 2.75) is 0 Å². The fourth-order valence-electron chi connectivity index (χ4n) is 3.06. The molecule has 0 unspecified atom stereocenters. The Labute approximate surface area is 169 Å². The summed E-state index contributed by atoms with van der Waals surface area (Å²) in [6.45, 7) is 0. The van der Waals surface area contributed by atoms with Crippen molar-refractivity contribution in [1.29, 1.82) is 0 Å². The summed E-state index contributed by atoms with van der Waals surface area (Å²) < 4.78 is 3.59. The van der Waals surface area contributed by atoms with Gasteiger partial charge in [0.15, 0.2) is 5.82 Å². The van der Waals surface area contributed by atoms with Crippen LogP contribution < -0.4 is 0 Å². The molecule has 0 saturated carbocycles. The lowest BCUT2D eigenvalue weighted by molar-refractivity contribution is 0.791. The summed E-state index contributed by atoms with van der Waals surface area (Å²) in [6, 6.07) is 21.5. The molecule has 0 aliphatic heterocycles. The fourth-order valence-corrected chi connectivity index (χ4v) is 4.02. The smallest absolute Gasteiger partial charge is 0.190 e. The molecule has 0 amide bonds. The van der Waals surface area contributed by atoms with Crippen LogP contribution in [0, 0.1) is 0 Å². The predicted octanol–water partition coefficient (Wildman–Crippen LogP) is 4.90. The topological polar surface area (TPSA) is 61.4 Å². The van der Waals surface area contributed by atoms with Crippen LogP contribution in [0.4, 0.5) is 0 Å². The van der Waals surface area contributed by atoms with Gasteiger partial charge in [0, 0.05) is 5.02 Å². The Kier molecular flexibility index (Phi) is 4.23. The third-order valence-electron chi connectivity index (χ3n) is 4.29. The maximum Gasteiger partial charge on any atom is 0.190 e. The molecule has 0 N–H and O–H groups in total.